The summed E-state index contributed by atoms with van der Waals surface area (Å²) in [5.41, 5.74) is 0. The van der Waals surface area contributed by atoms with Crippen molar-refractivity contribution in [2.24, 2.45) is 0 Å². The molecule has 0 amide bonds. The number of hydrogen-bond acceptors (Lipinski definition) is 3. The SMILES string of the molecule is C=CCOCC1COC(CCCCCC)O1. The second kappa shape index (κ2) is 8.74. The van der Waals surface area contributed by atoms with E-state index in [9.17, 15) is 0 Å². The topological polar surface area (TPSA) is 27.7 Å². The molecule has 2 unspecified atom stereocenters. The van der Waals surface area contributed by atoms with E-state index < -0.39 is 0 Å². The van der Waals surface area contributed by atoms with Gasteiger partial charge in [0.1, 0.15) is 6.10 Å². The second-order valence-corrected chi connectivity index (χ2v) is 4.20. The van der Waals surface area contributed by atoms with E-state index in [1.807, 2.05) is 0 Å². The molecule has 16 heavy (non-hydrogen) atoms. The second-order valence-electron chi connectivity index (χ2n) is 4.20. The van der Waals surface area contributed by atoms with E-state index in [1.165, 1.54) is 25.7 Å². The van der Waals surface area contributed by atoms with Crippen LogP contribution >= 0.6 is 0 Å². The maximum atomic E-state index is 5.71. The third-order valence-corrected chi connectivity index (χ3v) is 2.65. The Bertz CT molecular complexity index is 182. The van der Waals surface area contributed by atoms with Crippen LogP contribution in [-0.2, 0) is 14.2 Å². The number of ether oxygens (including phenoxy) is 3. The lowest BCUT2D eigenvalue weighted by Gasteiger charge is -2.11. The van der Waals surface area contributed by atoms with Crippen LogP contribution in [0.5, 0.6) is 0 Å². The van der Waals surface area contributed by atoms with Crippen molar-refractivity contribution in [3.05, 3.63) is 12.7 Å². The first-order chi connectivity index (χ1) is 7.86. The molecule has 1 aliphatic heterocycles. The molecule has 94 valence electrons. The molecule has 2 atom stereocenters. The van der Waals surface area contributed by atoms with Crippen molar-refractivity contribution in [2.45, 2.75) is 51.4 Å². The van der Waals surface area contributed by atoms with E-state index >= 15 is 0 Å². The summed E-state index contributed by atoms with van der Waals surface area (Å²) in [7, 11) is 0. The Labute approximate surface area is 98.8 Å². The highest BCUT2D eigenvalue weighted by molar-refractivity contribution is 4.68. The number of rotatable bonds is 9. The maximum Gasteiger partial charge on any atom is 0.158 e. The third kappa shape index (κ3) is 5.64. The van der Waals surface area contributed by atoms with Crippen LogP contribution in [0, 0.1) is 0 Å². The van der Waals surface area contributed by atoms with Gasteiger partial charge in [-0.2, -0.15) is 0 Å². The van der Waals surface area contributed by atoms with Crippen LogP contribution in [0.1, 0.15) is 39.0 Å². The van der Waals surface area contributed by atoms with Gasteiger partial charge in [-0.1, -0.05) is 32.3 Å². The van der Waals surface area contributed by atoms with Crippen molar-refractivity contribution in [2.75, 3.05) is 19.8 Å². The quantitative estimate of drug-likeness (QED) is 0.448. The molecule has 0 N–H and O–H groups in total. The molecular weight excluding hydrogens is 204 g/mol. The van der Waals surface area contributed by atoms with E-state index in [-0.39, 0.29) is 12.4 Å². The molecule has 0 radical (unpaired) electrons. The Hall–Kier alpha value is -0.380. The normalized spacial score (nSPS) is 24.8. The van der Waals surface area contributed by atoms with Crippen LogP contribution in [0.2, 0.25) is 0 Å². The van der Waals surface area contributed by atoms with Gasteiger partial charge in [-0.25, -0.2) is 0 Å². The summed E-state index contributed by atoms with van der Waals surface area (Å²) >= 11 is 0. The molecule has 1 heterocycles. The molecule has 0 spiro atoms. The lowest BCUT2D eigenvalue weighted by atomic mass is 10.1. The van der Waals surface area contributed by atoms with Gasteiger partial charge in [0.2, 0.25) is 0 Å². The van der Waals surface area contributed by atoms with Crippen molar-refractivity contribution in [3.63, 3.8) is 0 Å². The first-order valence-corrected chi connectivity index (χ1v) is 6.32. The van der Waals surface area contributed by atoms with Gasteiger partial charge in [0.15, 0.2) is 6.29 Å². The predicted molar refractivity (Wildman–Crippen MR) is 64.4 cm³/mol. The first-order valence-electron chi connectivity index (χ1n) is 6.32. The first kappa shape index (κ1) is 13.7. The van der Waals surface area contributed by atoms with Crippen LogP contribution in [0.3, 0.4) is 0 Å². The van der Waals surface area contributed by atoms with E-state index in [0.29, 0.717) is 19.8 Å². The Morgan fingerprint density at radius 1 is 1.38 bits per heavy atom. The summed E-state index contributed by atoms with van der Waals surface area (Å²) in [5.74, 6) is 0. The zero-order valence-corrected chi connectivity index (χ0v) is 10.3. The minimum Gasteiger partial charge on any atom is -0.375 e. The van der Waals surface area contributed by atoms with Crippen molar-refractivity contribution in [1.29, 1.82) is 0 Å². The standard InChI is InChI=1S/C13H24O3/c1-3-5-6-7-8-13-15-11-12(16-13)10-14-9-4-2/h4,12-13H,2-3,5-11H2,1H3. The Balaban J connectivity index is 1.99. The highest BCUT2D eigenvalue weighted by atomic mass is 16.7. The summed E-state index contributed by atoms with van der Waals surface area (Å²) < 4.78 is 16.6. The highest BCUT2D eigenvalue weighted by Crippen LogP contribution is 2.17. The van der Waals surface area contributed by atoms with Gasteiger partial charge in [0, 0.05) is 0 Å². The van der Waals surface area contributed by atoms with Gasteiger partial charge in [0.25, 0.3) is 0 Å². The molecule has 3 heteroatoms. The monoisotopic (exact) mass is 228 g/mol. The van der Waals surface area contributed by atoms with Crippen molar-refractivity contribution >= 4 is 0 Å². The molecule has 1 fully saturated rings. The fourth-order valence-corrected chi connectivity index (χ4v) is 1.77. The Morgan fingerprint density at radius 3 is 3.00 bits per heavy atom. The molecule has 0 bridgehead atoms. The minimum atomic E-state index is -0.00538. The molecule has 0 saturated carbocycles. The zero-order valence-electron chi connectivity index (χ0n) is 10.3. The number of unbranched alkanes of at least 4 members (excludes halogenated alkanes) is 3. The average Bonchev–Trinajstić information content (AvgIpc) is 2.73. The van der Waals surface area contributed by atoms with Crippen molar-refractivity contribution in [1.82, 2.24) is 0 Å². The predicted octanol–water partition coefficient (Wildman–Crippen LogP) is 2.90. The Morgan fingerprint density at radius 2 is 2.25 bits per heavy atom. The molecule has 0 aromatic carbocycles. The summed E-state index contributed by atoms with van der Waals surface area (Å²) in [5, 5.41) is 0. The van der Waals surface area contributed by atoms with Gasteiger partial charge < -0.3 is 14.2 Å². The average molecular weight is 228 g/mol. The van der Waals surface area contributed by atoms with Crippen LogP contribution in [0.25, 0.3) is 0 Å². The van der Waals surface area contributed by atoms with Gasteiger partial charge in [-0.3, -0.25) is 0 Å². The number of hydrogen-bond donors (Lipinski definition) is 0. The van der Waals surface area contributed by atoms with Crippen LogP contribution in [0.15, 0.2) is 12.7 Å². The third-order valence-electron chi connectivity index (χ3n) is 2.65. The maximum absolute atomic E-state index is 5.71. The molecule has 1 saturated heterocycles. The summed E-state index contributed by atoms with van der Waals surface area (Å²) in [6.45, 7) is 7.67. The molecule has 3 nitrogen and oxygen atoms in total. The van der Waals surface area contributed by atoms with Crippen LogP contribution in [0.4, 0.5) is 0 Å². The van der Waals surface area contributed by atoms with E-state index in [2.05, 4.69) is 13.5 Å². The largest absolute Gasteiger partial charge is 0.375 e. The fourth-order valence-electron chi connectivity index (χ4n) is 1.77. The van der Waals surface area contributed by atoms with Gasteiger partial charge in [0.05, 0.1) is 19.8 Å². The van der Waals surface area contributed by atoms with E-state index in [0.717, 1.165) is 6.42 Å². The smallest absolute Gasteiger partial charge is 0.158 e. The van der Waals surface area contributed by atoms with Gasteiger partial charge in [-0.05, 0) is 12.8 Å². The van der Waals surface area contributed by atoms with Gasteiger partial charge >= 0.3 is 0 Å². The van der Waals surface area contributed by atoms with Crippen LogP contribution < -0.4 is 0 Å². The van der Waals surface area contributed by atoms with Crippen molar-refractivity contribution in [3.8, 4) is 0 Å². The fraction of sp³-hybridized carbons (Fsp3) is 0.846. The lowest BCUT2D eigenvalue weighted by molar-refractivity contribution is -0.0745. The highest BCUT2D eigenvalue weighted by Gasteiger charge is 2.25. The Kier molecular flexibility index (Phi) is 7.47. The van der Waals surface area contributed by atoms with E-state index in [4.69, 9.17) is 14.2 Å². The molecule has 0 aromatic heterocycles. The van der Waals surface area contributed by atoms with E-state index in [1.54, 1.807) is 6.08 Å². The molecule has 0 aliphatic carbocycles. The molecule has 1 rings (SSSR count). The lowest BCUT2D eigenvalue weighted by Crippen LogP contribution is -2.19. The van der Waals surface area contributed by atoms with Gasteiger partial charge in [-0.15, -0.1) is 6.58 Å². The summed E-state index contributed by atoms with van der Waals surface area (Å²) in [4.78, 5) is 0. The minimum absolute atomic E-state index is 0.00538. The summed E-state index contributed by atoms with van der Waals surface area (Å²) in [6.07, 6.45) is 7.90. The zero-order chi connectivity index (χ0) is 11.6. The summed E-state index contributed by atoms with van der Waals surface area (Å²) in [6, 6.07) is 0. The molecule has 1 aliphatic rings. The van der Waals surface area contributed by atoms with Crippen molar-refractivity contribution < 1.29 is 14.2 Å². The molecular formula is C13H24O3. The molecule has 0 aromatic rings. The van der Waals surface area contributed by atoms with Crippen LogP contribution in [-0.4, -0.2) is 32.2 Å².